The number of amides is 2. The summed E-state index contributed by atoms with van der Waals surface area (Å²) in [6.45, 7) is -0.198. The Hall–Kier alpha value is -1.69. The van der Waals surface area contributed by atoms with Crippen LogP contribution in [0.3, 0.4) is 0 Å². The van der Waals surface area contributed by atoms with Crippen molar-refractivity contribution in [2.75, 3.05) is 6.61 Å². The van der Waals surface area contributed by atoms with E-state index in [-0.39, 0.29) is 24.7 Å². The number of fused-ring (bicyclic) bond motifs is 1. The van der Waals surface area contributed by atoms with Crippen LogP contribution in [-0.4, -0.2) is 35.3 Å². The molecule has 0 bridgehead atoms. The van der Waals surface area contributed by atoms with Gasteiger partial charge >= 0.3 is 0 Å². The van der Waals surface area contributed by atoms with Gasteiger partial charge in [-0.3, -0.25) is 14.4 Å². The van der Waals surface area contributed by atoms with E-state index >= 15 is 0 Å². The molecule has 2 unspecified atom stereocenters. The number of hydrogen-bond acceptors (Lipinski definition) is 4. The molecule has 3 aliphatic rings. The van der Waals surface area contributed by atoms with Crippen molar-refractivity contribution in [1.82, 2.24) is 5.32 Å². The van der Waals surface area contributed by atoms with Crippen LogP contribution in [0.2, 0.25) is 0 Å². The molecule has 1 saturated carbocycles. The first-order valence-corrected chi connectivity index (χ1v) is 8.46. The lowest BCUT2D eigenvalue weighted by molar-refractivity contribution is -0.140. The number of nitrogens with two attached hydrogens (primary N) is 1. The van der Waals surface area contributed by atoms with Crippen LogP contribution in [0.1, 0.15) is 51.4 Å². The second-order valence-electron chi connectivity index (χ2n) is 6.91. The number of carbonyl (C=O) groups is 3. The van der Waals surface area contributed by atoms with Crippen LogP contribution < -0.4 is 11.1 Å². The first-order valence-electron chi connectivity index (χ1n) is 8.46. The molecule has 0 aromatic carbocycles. The maximum atomic E-state index is 12.4. The molecule has 0 radical (unpaired) electrons. The van der Waals surface area contributed by atoms with Crippen molar-refractivity contribution in [1.29, 1.82) is 0 Å². The van der Waals surface area contributed by atoms with E-state index in [1.807, 2.05) is 0 Å². The van der Waals surface area contributed by atoms with Gasteiger partial charge in [0.05, 0.1) is 0 Å². The summed E-state index contributed by atoms with van der Waals surface area (Å²) in [4.78, 5) is 36.6. The smallest absolute Gasteiger partial charge is 0.256 e. The van der Waals surface area contributed by atoms with Gasteiger partial charge in [0.2, 0.25) is 5.91 Å². The highest BCUT2D eigenvalue weighted by molar-refractivity contribution is 6.06. The highest BCUT2D eigenvalue weighted by Gasteiger charge is 2.66. The van der Waals surface area contributed by atoms with Gasteiger partial charge in [0, 0.05) is 6.42 Å². The highest BCUT2D eigenvalue weighted by atomic mass is 16.5. The monoisotopic (exact) mass is 320 g/mol. The summed E-state index contributed by atoms with van der Waals surface area (Å²) in [7, 11) is 0. The minimum absolute atomic E-state index is 0.198. The summed E-state index contributed by atoms with van der Waals surface area (Å²) in [6.07, 6.45) is 10.7. The van der Waals surface area contributed by atoms with Gasteiger partial charge in [0.25, 0.3) is 5.91 Å². The number of rotatable bonds is 5. The van der Waals surface area contributed by atoms with Gasteiger partial charge < -0.3 is 15.8 Å². The van der Waals surface area contributed by atoms with Crippen molar-refractivity contribution in [2.45, 2.75) is 62.5 Å². The van der Waals surface area contributed by atoms with Gasteiger partial charge in [0.1, 0.15) is 12.1 Å². The summed E-state index contributed by atoms with van der Waals surface area (Å²) in [6, 6.07) is 0. The molecular formula is C17H24N2O4. The van der Waals surface area contributed by atoms with Crippen LogP contribution in [0.25, 0.3) is 0 Å². The fraction of sp³-hybridized carbons (Fsp3) is 0.706. The van der Waals surface area contributed by atoms with Crippen molar-refractivity contribution in [3.05, 3.63) is 12.2 Å². The molecule has 2 aliphatic carbocycles. The second kappa shape index (κ2) is 6.07. The Morgan fingerprint density at radius 1 is 1.30 bits per heavy atom. The minimum atomic E-state index is -1.52. The predicted octanol–water partition coefficient (Wildman–Crippen LogP) is 0.985. The number of ketones is 1. The van der Waals surface area contributed by atoms with E-state index < -0.39 is 17.0 Å². The second-order valence-corrected chi connectivity index (χ2v) is 6.91. The molecule has 6 nitrogen and oxygen atoms in total. The Kier molecular flexibility index (Phi) is 4.27. The van der Waals surface area contributed by atoms with E-state index in [4.69, 9.17) is 10.5 Å². The first-order chi connectivity index (χ1) is 11.0. The molecule has 3 rings (SSSR count). The maximum Gasteiger partial charge on any atom is 0.256 e. The Morgan fingerprint density at radius 2 is 2.04 bits per heavy atom. The van der Waals surface area contributed by atoms with Crippen LogP contribution in [0, 0.1) is 5.92 Å². The fourth-order valence-electron chi connectivity index (χ4n) is 4.18. The molecule has 1 heterocycles. The fourth-order valence-corrected chi connectivity index (χ4v) is 4.18. The van der Waals surface area contributed by atoms with Crippen LogP contribution in [0.15, 0.2) is 12.2 Å². The van der Waals surface area contributed by atoms with Crippen LogP contribution in [-0.2, 0) is 19.1 Å². The zero-order valence-electron chi connectivity index (χ0n) is 13.3. The van der Waals surface area contributed by atoms with Crippen LogP contribution in [0.5, 0.6) is 0 Å². The van der Waals surface area contributed by atoms with E-state index in [1.165, 1.54) is 38.2 Å². The Bertz CT molecular complexity index is 553. The van der Waals surface area contributed by atoms with Gasteiger partial charge in [-0.25, -0.2) is 0 Å². The summed E-state index contributed by atoms with van der Waals surface area (Å²) in [5, 5.41) is 2.79. The molecule has 6 heteroatoms. The molecule has 1 saturated heterocycles. The number of nitrogens with one attached hydrogen (secondary N) is 1. The molecule has 2 amide bonds. The Labute approximate surface area is 135 Å². The van der Waals surface area contributed by atoms with E-state index in [1.54, 1.807) is 6.08 Å². The normalized spacial score (nSPS) is 33.7. The third-order valence-electron chi connectivity index (χ3n) is 5.54. The number of hydrogen-bond donors (Lipinski definition) is 2. The quantitative estimate of drug-likeness (QED) is 0.738. The van der Waals surface area contributed by atoms with E-state index in [0.717, 1.165) is 6.42 Å². The Balaban J connectivity index is 1.66. The largest absolute Gasteiger partial charge is 0.367 e. The number of ether oxygens (including phenoxy) is 1. The van der Waals surface area contributed by atoms with Gasteiger partial charge in [-0.2, -0.15) is 0 Å². The highest BCUT2D eigenvalue weighted by Crippen LogP contribution is 2.42. The third-order valence-corrected chi connectivity index (χ3v) is 5.54. The molecule has 2 fully saturated rings. The van der Waals surface area contributed by atoms with Crippen molar-refractivity contribution in [3.63, 3.8) is 0 Å². The van der Waals surface area contributed by atoms with Crippen molar-refractivity contribution < 1.29 is 19.1 Å². The van der Waals surface area contributed by atoms with Crippen LogP contribution >= 0.6 is 0 Å². The summed E-state index contributed by atoms with van der Waals surface area (Å²) < 4.78 is 5.41. The van der Waals surface area contributed by atoms with Crippen molar-refractivity contribution in [3.8, 4) is 0 Å². The molecule has 0 spiro atoms. The SMILES string of the molecule is NC(=O)C12C=CCC1(NC(=O)CCC1CCCCC1)C(=O)CO2. The number of primary amides is 1. The lowest BCUT2D eigenvalue weighted by Crippen LogP contribution is -2.67. The van der Waals surface area contributed by atoms with Gasteiger partial charge in [-0.05, 0) is 24.8 Å². The van der Waals surface area contributed by atoms with Crippen molar-refractivity contribution >= 4 is 17.6 Å². The molecular weight excluding hydrogens is 296 g/mol. The third kappa shape index (κ3) is 2.59. The average Bonchev–Trinajstić information content (AvgIpc) is 3.03. The molecule has 0 aromatic rings. The standard InChI is InChI=1S/C17H24N2O4/c18-15(22)17-10-4-9-16(17,13(20)11-23-17)19-14(21)8-7-12-5-2-1-3-6-12/h4,10,12H,1-3,5-9,11H2,(H2,18,22)(H,19,21). The molecule has 0 aromatic heterocycles. The number of carbonyl (C=O) groups excluding carboxylic acids is 3. The van der Waals surface area contributed by atoms with E-state index in [2.05, 4.69) is 5.32 Å². The van der Waals surface area contributed by atoms with Crippen molar-refractivity contribution in [2.24, 2.45) is 11.7 Å². The first kappa shape index (κ1) is 16.2. The zero-order chi connectivity index (χ0) is 16.5. The summed E-state index contributed by atoms with van der Waals surface area (Å²) in [5.41, 5.74) is 2.60. The van der Waals surface area contributed by atoms with E-state index in [0.29, 0.717) is 12.3 Å². The Morgan fingerprint density at radius 3 is 2.74 bits per heavy atom. The van der Waals surface area contributed by atoms with Gasteiger partial charge in [-0.15, -0.1) is 0 Å². The van der Waals surface area contributed by atoms with Crippen LogP contribution in [0.4, 0.5) is 0 Å². The molecule has 3 N–H and O–H groups in total. The topological polar surface area (TPSA) is 98.5 Å². The van der Waals surface area contributed by atoms with Gasteiger partial charge in [-0.1, -0.05) is 38.2 Å². The average molecular weight is 320 g/mol. The lowest BCUT2D eigenvalue weighted by Gasteiger charge is -2.35. The molecule has 23 heavy (non-hydrogen) atoms. The molecule has 126 valence electrons. The maximum absolute atomic E-state index is 12.4. The molecule has 2 atom stereocenters. The number of Topliss-reactive ketones (excluding diaryl/α,β-unsaturated/α-hetero) is 1. The zero-order valence-corrected chi connectivity index (χ0v) is 13.3. The lowest BCUT2D eigenvalue weighted by atomic mass is 9.79. The van der Waals surface area contributed by atoms with Gasteiger partial charge in [0.15, 0.2) is 11.4 Å². The minimum Gasteiger partial charge on any atom is -0.367 e. The molecule has 1 aliphatic heterocycles. The summed E-state index contributed by atoms with van der Waals surface area (Å²) >= 11 is 0. The summed E-state index contributed by atoms with van der Waals surface area (Å²) in [5.74, 6) is -0.633. The van der Waals surface area contributed by atoms with E-state index in [9.17, 15) is 14.4 Å². The predicted molar refractivity (Wildman–Crippen MR) is 83.3 cm³/mol.